The third kappa shape index (κ3) is 4.40. The van der Waals surface area contributed by atoms with E-state index < -0.39 is 5.82 Å². The molecule has 3 aromatic rings. The number of halogens is 1. The zero-order chi connectivity index (χ0) is 21.9. The van der Waals surface area contributed by atoms with Gasteiger partial charge in [0.2, 0.25) is 5.95 Å². The molecule has 32 heavy (non-hydrogen) atoms. The summed E-state index contributed by atoms with van der Waals surface area (Å²) in [5.41, 5.74) is 0.916. The first kappa shape index (κ1) is 20.7. The number of piperidine rings is 2. The summed E-state index contributed by atoms with van der Waals surface area (Å²) in [5.74, 6) is 1.92. The number of hydrogen-bond acceptors (Lipinski definition) is 8. The van der Waals surface area contributed by atoms with E-state index in [1.54, 1.807) is 29.9 Å². The van der Waals surface area contributed by atoms with E-state index in [4.69, 9.17) is 0 Å². The van der Waals surface area contributed by atoms with Crippen molar-refractivity contribution in [3.05, 3.63) is 42.1 Å². The van der Waals surface area contributed by atoms with Gasteiger partial charge in [0.05, 0.1) is 11.4 Å². The zero-order valence-corrected chi connectivity index (χ0v) is 18.2. The number of rotatable bonds is 6. The second-order valence-electron chi connectivity index (χ2n) is 8.57. The van der Waals surface area contributed by atoms with Crippen LogP contribution in [0.1, 0.15) is 37.9 Å². The van der Waals surface area contributed by atoms with Crippen LogP contribution in [0.5, 0.6) is 0 Å². The van der Waals surface area contributed by atoms with Gasteiger partial charge in [0, 0.05) is 18.8 Å². The second-order valence-corrected chi connectivity index (χ2v) is 8.57. The summed E-state index contributed by atoms with van der Waals surface area (Å²) in [4.78, 5) is 11.5. The van der Waals surface area contributed by atoms with Gasteiger partial charge >= 0.3 is 0 Å². The van der Waals surface area contributed by atoms with E-state index in [1.165, 1.54) is 51.3 Å². The molecule has 5 rings (SSSR count). The summed E-state index contributed by atoms with van der Waals surface area (Å²) in [5, 5.41) is 17.9. The van der Waals surface area contributed by atoms with Gasteiger partial charge in [-0.15, -0.1) is 5.10 Å². The minimum absolute atomic E-state index is 0.264. The fourth-order valence-corrected chi connectivity index (χ4v) is 4.90. The Kier molecular flexibility index (Phi) is 5.93. The maximum atomic E-state index is 14.4. The van der Waals surface area contributed by atoms with E-state index in [2.05, 4.69) is 41.0 Å². The molecule has 0 radical (unpaired) electrons. The summed E-state index contributed by atoms with van der Waals surface area (Å²) in [6.07, 6.45) is 8.13. The van der Waals surface area contributed by atoms with Crippen LogP contribution in [0.2, 0.25) is 0 Å². The first-order valence-corrected chi connectivity index (χ1v) is 11.3. The predicted octanol–water partition coefficient (Wildman–Crippen LogP) is 3.32. The van der Waals surface area contributed by atoms with E-state index in [0.29, 0.717) is 29.4 Å². The Bertz CT molecular complexity index is 1070. The quantitative estimate of drug-likeness (QED) is 0.606. The maximum absolute atomic E-state index is 14.4. The van der Waals surface area contributed by atoms with Crippen molar-refractivity contribution in [3.8, 4) is 5.69 Å². The molecule has 1 aromatic carbocycles. The van der Waals surface area contributed by atoms with Crippen molar-refractivity contribution in [1.29, 1.82) is 0 Å². The fourth-order valence-electron chi connectivity index (χ4n) is 4.90. The molecule has 0 spiro atoms. The summed E-state index contributed by atoms with van der Waals surface area (Å²) in [7, 11) is 0. The van der Waals surface area contributed by atoms with Crippen molar-refractivity contribution in [2.75, 3.05) is 30.3 Å². The summed E-state index contributed by atoms with van der Waals surface area (Å²) in [6.45, 7) is 5.14. The van der Waals surface area contributed by atoms with E-state index >= 15 is 0 Å². The number of aromatic nitrogens is 6. The Morgan fingerprint density at radius 3 is 2.91 bits per heavy atom. The zero-order valence-electron chi connectivity index (χ0n) is 18.2. The largest absolute Gasteiger partial charge is 0.370 e. The number of aryl methyl sites for hydroxylation is 1. The van der Waals surface area contributed by atoms with Crippen molar-refractivity contribution in [3.63, 3.8) is 0 Å². The molecule has 2 aromatic heterocycles. The first-order valence-electron chi connectivity index (χ1n) is 11.3. The molecule has 10 heteroatoms. The molecule has 4 heterocycles. The van der Waals surface area contributed by atoms with Gasteiger partial charge in [-0.3, -0.25) is 0 Å². The van der Waals surface area contributed by atoms with Crippen LogP contribution in [0.25, 0.3) is 5.69 Å². The molecule has 2 saturated heterocycles. The van der Waals surface area contributed by atoms with Crippen LogP contribution in [-0.2, 0) is 0 Å². The lowest BCUT2D eigenvalue weighted by Gasteiger charge is -2.44. The lowest BCUT2D eigenvalue weighted by molar-refractivity contribution is 0.0649. The molecule has 0 saturated carbocycles. The molecule has 2 aliphatic rings. The van der Waals surface area contributed by atoms with Crippen LogP contribution in [-0.4, -0.2) is 60.8 Å². The highest BCUT2D eigenvalue weighted by molar-refractivity contribution is 5.59. The minimum Gasteiger partial charge on any atom is -0.370 e. The second kappa shape index (κ2) is 9.15. The molecule has 168 valence electrons. The van der Waals surface area contributed by atoms with Crippen LogP contribution in [0.3, 0.4) is 0 Å². The SMILES string of the molecule is Cc1nnnn1-c1ccc(F)c(Nc2nccc(NCC3CCCN4CCCCC34)n2)c1. The minimum atomic E-state index is -0.402. The highest BCUT2D eigenvalue weighted by Crippen LogP contribution is 2.31. The summed E-state index contributed by atoms with van der Waals surface area (Å²) < 4.78 is 16.0. The molecule has 2 unspecified atom stereocenters. The number of hydrogen-bond donors (Lipinski definition) is 2. The molecule has 0 bridgehead atoms. The molecule has 0 amide bonds. The fraction of sp³-hybridized carbons (Fsp3) is 0.500. The molecular formula is C22H28FN9. The molecule has 2 aliphatic heterocycles. The third-order valence-corrected chi connectivity index (χ3v) is 6.50. The van der Waals surface area contributed by atoms with Gasteiger partial charge in [0.15, 0.2) is 5.82 Å². The average molecular weight is 438 g/mol. The van der Waals surface area contributed by atoms with Gasteiger partial charge in [-0.2, -0.15) is 9.67 Å². The van der Waals surface area contributed by atoms with Crippen LogP contribution in [0.15, 0.2) is 30.5 Å². The van der Waals surface area contributed by atoms with E-state index in [9.17, 15) is 4.39 Å². The Morgan fingerprint density at radius 2 is 2.03 bits per heavy atom. The van der Waals surface area contributed by atoms with Crippen molar-refractivity contribution < 1.29 is 4.39 Å². The third-order valence-electron chi connectivity index (χ3n) is 6.50. The van der Waals surface area contributed by atoms with Gasteiger partial charge in [-0.05, 0) is 86.3 Å². The number of nitrogens with zero attached hydrogens (tertiary/aromatic N) is 7. The lowest BCUT2D eigenvalue weighted by atomic mass is 9.83. The molecule has 2 atom stereocenters. The van der Waals surface area contributed by atoms with E-state index in [0.717, 1.165) is 12.4 Å². The topological polar surface area (TPSA) is 96.7 Å². The Labute approximate surface area is 186 Å². The molecule has 2 N–H and O–H groups in total. The highest BCUT2D eigenvalue weighted by Gasteiger charge is 2.32. The van der Waals surface area contributed by atoms with E-state index in [-0.39, 0.29) is 5.69 Å². The van der Waals surface area contributed by atoms with Gasteiger partial charge in [0.25, 0.3) is 0 Å². The van der Waals surface area contributed by atoms with Crippen molar-refractivity contribution in [2.45, 2.75) is 45.1 Å². The Balaban J connectivity index is 1.27. The first-order chi connectivity index (χ1) is 15.7. The standard InChI is InChI=1S/C22H28FN9/c1-15-28-29-30-32(15)17-7-8-18(23)19(13-17)26-22-24-10-9-21(27-22)25-14-16-5-4-12-31-11-3-2-6-20(16)31/h7-10,13,16,20H,2-6,11-12,14H2,1H3,(H2,24,25,26,27). The highest BCUT2D eigenvalue weighted by atomic mass is 19.1. The number of nitrogens with one attached hydrogen (secondary N) is 2. The van der Waals surface area contributed by atoms with Crippen molar-refractivity contribution >= 4 is 17.5 Å². The molecule has 2 fully saturated rings. The van der Waals surface area contributed by atoms with E-state index in [1.807, 2.05) is 6.07 Å². The van der Waals surface area contributed by atoms with Crippen LogP contribution in [0, 0.1) is 18.7 Å². The Morgan fingerprint density at radius 1 is 1.12 bits per heavy atom. The van der Waals surface area contributed by atoms with Gasteiger partial charge < -0.3 is 15.5 Å². The monoisotopic (exact) mass is 437 g/mol. The molecule has 9 nitrogen and oxygen atoms in total. The van der Waals surface area contributed by atoms with Crippen molar-refractivity contribution in [1.82, 2.24) is 35.1 Å². The maximum Gasteiger partial charge on any atom is 0.229 e. The number of benzene rings is 1. The average Bonchev–Trinajstić information content (AvgIpc) is 3.25. The number of anilines is 3. The van der Waals surface area contributed by atoms with Crippen molar-refractivity contribution in [2.24, 2.45) is 5.92 Å². The van der Waals surface area contributed by atoms with Gasteiger partial charge in [-0.1, -0.05) is 6.42 Å². The number of tetrazole rings is 1. The normalized spacial score (nSPS) is 21.2. The molecule has 0 aliphatic carbocycles. The summed E-state index contributed by atoms with van der Waals surface area (Å²) in [6, 6.07) is 7.17. The Hall–Kier alpha value is -3.14. The predicted molar refractivity (Wildman–Crippen MR) is 120 cm³/mol. The smallest absolute Gasteiger partial charge is 0.229 e. The van der Waals surface area contributed by atoms with Crippen LogP contribution in [0.4, 0.5) is 21.8 Å². The van der Waals surface area contributed by atoms with Crippen LogP contribution >= 0.6 is 0 Å². The van der Waals surface area contributed by atoms with Crippen LogP contribution < -0.4 is 10.6 Å². The van der Waals surface area contributed by atoms with Gasteiger partial charge in [-0.25, -0.2) is 9.37 Å². The molecular weight excluding hydrogens is 409 g/mol. The number of fused-ring (bicyclic) bond motifs is 1. The lowest BCUT2D eigenvalue weighted by Crippen LogP contribution is -2.49. The van der Waals surface area contributed by atoms with Gasteiger partial charge in [0.1, 0.15) is 11.6 Å². The summed E-state index contributed by atoms with van der Waals surface area (Å²) >= 11 is 0.